The summed E-state index contributed by atoms with van der Waals surface area (Å²) in [6.45, 7) is 9.32. The van der Waals surface area contributed by atoms with Crippen LogP contribution in [0.1, 0.15) is 88.5 Å². The standard InChI is InChI=1S/C48H59O12P/c1-6-8-28-55-61(51,56-29-9-7-2)60-45-44(58-46(49)48(3,4)5)43(59-47(50)54-32-40-38-26-18-16-24-36(38)37-25-17-19-27-39(37)40)42(53-31-35-22-14-11-15-23-35)41(57-45)33-52-30-34-20-12-10-13-21-34/h10-27,40-45H,6-9,28-33H2,1-5H3/t41-,42-,43+,44-,45+/m1/s1. The number of esters is 1. The Morgan fingerprint density at radius 1 is 0.656 bits per heavy atom. The number of unbranched alkanes of at least 4 members (excludes halogenated alkanes) is 2. The molecule has 0 unspecified atom stereocenters. The molecule has 4 aromatic carbocycles. The summed E-state index contributed by atoms with van der Waals surface area (Å²) < 4.78 is 70.0. The fourth-order valence-electron chi connectivity index (χ4n) is 7.10. The molecule has 1 aliphatic carbocycles. The molecule has 0 amide bonds. The summed E-state index contributed by atoms with van der Waals surface area (Å²) in [7, 11) is -4.37. The monoisotopic (exact) mass is 858 g/mol. The zero-order valence-electron chi connectivity index (χ0n) is 35.8. The Kier molecular flexibility index (Phi) is 16.7. The van der Waals surface area contributed by atoms with Crippen LogP contribution in [0.4, 0.5) is 4.79 Å². The lowest BCUT2D eigenvalue weighted by molar-refractivity contribution is -0.299. The SMILES string of the molecule is CCCCOP(=O)(OCCCC)O[C@@H]1O[C@H](COCc2ccccc2)[C@@H](OCc2ccccc2)[C@H](OC(=O)OCC2c3ccccc3-c3ccccc32)[C@H]1OC(=O)C(C)(C)C. The van der Waals surface area contributed by atoms with Gasteiger partial charge in [-0.15, -0.1) is 0 Å². The van der Waals surface area contributed by atoms with Crippen LogP contribution in [0.25, 0.3) is 11.1 Å². The van der Waals surface area contributed by atoms with Crippen molar-refractivity contribution in [3.8, 4) is 11.1 Å². The van der Waals surface area contributed by atoms with Crippen LogP contribution in [-0.2, 0) is 64.6 Å². The van der Waals surface area contributed by atoms with Gasteiger partial charge in [0.25, 0.3) is 0 Å². The van der Waals surface area contributed by atoms with E-state index in [1.54, 1.807) is 20.8 Å². The Labute approximate surface area is 359 Å². The Morgan fingerprint density at radius 2 is 1.20 bits per heavy atom. The van der Waals surface area contributed by atoms with E-state index < -0.39 is 56.1 Å². The van der Waals surface area contributed by atoms with Gasteiger partial charge in [0.2, 0.25) is 6.29 Å². The molecule has 6 rings (SSSR count). The highest BCUT2D eigenvalue weighted by atomic mass is 31.2. The van der Waals surface area contributed by atoms with Crippen LogP contribution in [0, 0.1) is 5.41 Å². The molecule has 5 atom stereocenters. The first-order valence-corrected chi connectivity index (χ1v) is 22.7. The van der Waals surface area contributed by atoms with E-state index >= 15 is 0 Å². The van der Waals surface area contributed by atoms with Crippen LogP contribution in [0.2, 0.25) is 0 Å². The predicted molar refractivity (Wildman–Crippen MR) is 229 cm³/mol. The van der Waals surface area contributed by atoms with E-state index in [9.17, 15) is 14.2 Å². The lowest BCUT2D eigenvalue weighted by atomic mass is 9.95. The molecule has 4 aromatic rings. The first kappa shape index (κ1) is 46.1. The average molecular weight is 859 g/mol. The minimum absolute atomic E-state index is 0.0344. The zero-order chi connectivity index (χ0) is 43.2. The molecule has 0 bridgehead atoms. The Morgan fingerprint density at radius 3 is 1.75 bits per heavy atom. The van der Waals surface area contributed by atoms with Crippen LogP contribution in [-0.4, -0.2) is 69.3 Å². The molecule has 0 aromatic heterocycles. The number of fused-ring (bicyclic) bond motifs is 3. The maximum Gasteiger partial charge on any atom is 0.508 e. The van der Waals surface area contributed by atoms with Crippen molar-refractivity contribution in [1.82, 2.24) is 0 Å². The fraction of sp³-hybridized carbons (Fsp3) is 0.458. The van der Waals surface area contributed by atoms with Crippen LogP contribution in [0.5, 0.6) is 0 Å². The van der Waals surface area contributed by atoms with Gasteiger partial charge in [-0.1, -0.05) is 136 Å². The highest BCUT2D eigenvalue weighted by Gasteiger charge is 2.55. The van der Waals surface area contributed by atoms with Crippen LogP contribution >= 0.6 is 7.82 Å². The molecule has 12 nitrogen and oxygen atoms in total. The van der Waals surface area contributed by atoms with Gasteiger partial charge >= 0.3 is 19.9 Å². The molecule has 0 radical (unpaired) electrons. The van der Waals surface area contributed by atoms with Crippen molar-refractivity contribution in [1.29, 1.82) is 0 Å². The lowest BCUT2D eigenvalue weighted by Crippen LogP contribution is -2.62. The Balaban J connectivity index is 1.35. The molecule has 1 fully saturated rings. The molecule has 0 saturated carbocycles. The second kappa shape index (κ2) is 22.1. The molecular weight excluding hydrogens is 799 g/mol. The lowest BCUT2D eigenvalue weighted by Gasteiger charge is -2.45. The quantitative estimate of drug-likeness (QED) is 0.0448. The van der Waals surface area contributed by atoms with Gasteiger partial charge < -0.3 is 28.4 Å². The van der Waals surface area contributed by atoms with Crippen LogP contribution in [0.3, 0.4) is 0 Å². The number of phosphoric acid groups is 1. The van der Waals surface area contributed by atoms with Gasteiger partial charge in [-0.05, 0) is 67.0 Å². The van der Waals surface area contributed by atoms with E-state index in [4.69, 9.17) is 42.0 Å². The van der Waals surface area contributed by atoms with Gasteiger partial charge in [0.1, 0.15) is 18.8 Å². The first-order chi connectivity index (χ1) is 29.5. The van der Waals surface area contributed by atoms with Gasteiger partial charge in [0.15, 0.2) is 12.2 Å². The highest BCUT2D eigenvalue weighted by molar-refractivity contribution is 7.48. The highest BCUT2D eigenvalue weighted by Crippen LogP contribution is 2.53. The number of benzene rings is 4. The first-order valence-electron chi connectivity index (χ1n) is 21.2. The van der Waals surface area contributed by atoms with Gasteiger partial charge in [-0.25, -0.2) is 9.36 Å². The van der Waals surface area contributed by atoms with Gasteiger partial charge in [0.05, 0.1) is 38.4 Å². The topological polar surface area (TPSA) is 134 Å². The third-order valence-electron chi connectivity index (χ3n) is 10.4. The number of carbonyl (C=O) groups excluding carboxylic acids is 2. The second-order valence-corrected chi connectivity index (χ2v) is 17.8. The molecule has 0 spiro atoms. The molecule has 328 valence electrons. The van der Waals surface area contributed by atoms with Crippen molar-refractivity contribution in [3.05, 3.63) is 131 Å². The molecule has 1 saturated heterocycles. The largest absolute Gasteiger partial charge is 0.508 e. The number of ether oxygens (including phenoxy) is 6. The summed E-state index contributed by atoms with van der Waals surface area (Å²) in [6.07, 6.45) is -5.07. The van der Waals surface area contributed by atoms with Gasteiger partial charge in [-0.3, -0.25) is 18.4 Å². The molecule has 1 heterocycles. The molecule has 0 N–H and O–H groups in total. The summed E-state index contributed by atoms with van der Waals surface area (Å²) in [4.78, 5) is 28.0. The fourth-order valence-corrected chi connectivity index (χ4v) is 8.42. The van der Waals surface area contributed by atoms with Crippen LogP contribution < -0.4 is 0 Å². The number of carbonyl (C=O) groups is 2. The number of hydrogen-bond donors (Lipinski definition) is 0. The summed E-state index contributed by atoms with van der Waals surface area (Å²) >= 11 is 0. The minimum atomic E-state index is -4.37. The summed E-state index contributed by atoms with van der Waals surface area (Å²) in [5.41, 5.74) is 4.90. The van der Waals surface area contributed by atoms with Crippen molar-refractivity contribution in [2.24, 2.45) is 5.41 Å². The molecule has 61 heavy (non-hydrogen) atoms. The third-order valence-corrected chi connectivity index (χ3v) is 11.9. The van der Waals surface area contributed by atoms with Crippen molar-refractivity contribution >= 4 is 19.9 Å². The van der Waals surface area contributed by atoms with Crippen molar-refractivity contribution < 1.29 is 56.1 Å². The predicted octanol–water partition coefficient (Wildman–Crippen LogP) is 10.6. The van der Waals surface area contributed by atoms with Gasteiger partial charge in [-0.2, -0.15) is 0 Å². The van der Waals surface area contributed by atoms with E-state index in [1.165, 1.54) is 0 Å². The average Bonchev–Trinajstić information content (AvgIpc) is 3.57. The normalized spacial score (nSPS) is 20.1. The third kappa shape index (κ3) is 12.6. The minimum Gasteiger partial charge on any atom is -0.452 e. The smallest absolute Gasteiger partial charge is 0.452 e. The van der Waals surface area contributed by atoms with E-state index in [2.05, 4.69) is 0 Å². The Hall–Kier alpha value is -4.39. The maximum atomic E-state index is 14.5. The molecular formula is C48H59O12P. The van der Waals surface area contributed by atoms with Crippen molar-refractivity contribution in [2.75, 3.05) is 26.4 Å². The summed E-state index contributed by atoms with van der Waals surface area (Å²) in [6, 6.07) is 35.1. The Bertz CT molecular complexity index is 1980. The zero-order valence-corrected chi connectivity index (χ0v) is 36.7. The van der Waals surface area contributed by atoms with Crippen molar-refractivity contribution in [3.63, 3.8) is 0 Å². The number of rotatable bonds is 21. The summed E-state index contributed by atoms with van der Waals surface area (Å²) in [5, 5.41) is 0. The summed E-state index contributed by atoms with van der Waals surface area (Å²) in [5.74, 6) is -0.916. The van der Waals surface area contributed by atoms with Crippen molar-refractivity contribution in [2.45, 2.75) is 110 Å². The van der Waals surface area contributed by atoms with Crippen LogP contribution in [0.15, 0.2) is 109 Å². The van der Waals surface area contributed by atoms with E-state index in [-0.39, 0.29) is 45.6 Å². The van der Waals surface area contributed by atoms with Gasteiger partial charge in [0, 0.05) is 5.92 Å². The maximum absolute atomic E-state index is 14.5. The number of hydrogen-bond acceptors (Lipinski definition) is 12. The second-order valence-electron chi connectivity index (χ2n) is 16.2. The molecule has 1 aliphatic heterocycles. The number of phosphoric ester groups is 1. The molecule has 2 aliphatic rings. The van der Waals surface area contributed by atoms with E-state index in [0.717, 1.165) is 46.2 Å². The molecule has 13 heteroatoms. The van der Waals surface area contributed by atoms with E-state index in [0.29, 0.717) is 12.8 Å². The van der Waals surface area contributed by atoms with E-state index in [1.807, 2.05) is 123 Å².